The summed E-state index contributed by atoms with van der Waals surface area (Å²) in [5.74, 6) is -0.156. The Hall–Kier alpha value is -2.33. The molecule has 0 N–H and O–H groups in total. The first-order chi connectivity index (χ1) is 11.8. The fraction of sp³-hybridized carbons (Fsp3) is 0.350. The van der Waals surface area contributed by atoms with Gasteiger partial charge in [-0.1, -0.05) is 42.5 Å². The Morgan fingerprint density at radius 1 is 0.958 bits per heavy atom. The molecule has 0 saturated carbocycles. The molecule has 4 nitrogen and oxygen atoms in total. The van der Waals surface area contributed by atoms with Gasteiger partial charge in [0, 0.05) is 25.2 Å². The van der Waals surface area contributed by atoms with Crippen molar-refractivity contribution in [3.8, 4) is 0 Å². The van der Waals surface area contributed by atoms with Crippen molar-refractivity contribution >= 4 is 11.7 Å². The van der Waals surface area contributed by atoms with Crippen LogP contribution >= 0.6 is 0 Å². The van der Waals surface area contributed by atoms with Crippen molar-refractivity contribution < 1.29 is 14.3 Å². The highest BCUT2D eigenvalue weighted by atomic mass is 16.5. The smallest absolute Gasteiger partial charge is 0.306 e. The van der Waals surface area contributed by atoms with Crippen LogP contribution in [0.5, 0.6) is 0 Å². The van der Waals surface area contributed by atoms with Gasteiger partial charge in [-0.05, 0) is 29.7 Å². The van der Waals surface area contributed by atoms with Crippen LogP contribution < -0.4 is 4.90 Å². The van der Waals surface area contributed by atoms with E-state index in [0.29, 0.717) is 19.4 Å². The summed E-state index contributed by atoms with van der Waals surface area (Å²) in [6.45, 7) is 3.79. The molecule has 0 aromatic heterocycles. The number of morpholine rings is 1. The molecule has 1 saturated heterocycles. The van der Waals surface area contributed by atoms with E-state index < -0.39 is 0 Å². The molecule has 0 unspecified atom stereocenters. The molecule has 2 aromatic rings. The van der Waals surface area contributed by atoms with E-state index >= 15 is 0 Å². The summed E-state index contributed by atoms with van der Waals surface area (Å²) < 4.78 is 10.7. The maximum Gasteiger partial charge on any atom is 0.306 e. The van der Waals surface area contributed by atoms with E-state index in [1.54, 1.807) is 0 Å². The topological polar surface area (TPSA) is 38.8 Å². The molecule has 1 aliphatic heterocycles. The van der Waals surface area contributed by atoms with E-state index in [1.165, 1.54) is 5.69 Å². The summed E-state index contributed by atoms with van der Waals surface area (Å²) in [5.41, 5.74) is 3.39. The van der Waals surface area contributed by atoms with Gasteiger partial charge in [-0.25, -0.2) is 0 Å². The number of ether oxygens (including phenoxy) is 2. The quantitative estimate of drug-likeness (QED) is 0.765. The highest BCUT2D eigenvalue weighted by Crippen LogP contribution is 2.17. The number of carbonyl (C=O) groups is 1. The van der Waals surface area contributed by atoms with Gasteiger partial charge >= 0.3 is 5.97 Å². The van der Waals surface area contributed by atoms with Crippen LogP contribution in [-0.4, -0.2) is 32.3 Å². The number of anilines is 1. The summed E-state index contributed by atoms with van der Waals surface area (Å²) in [5, 5.41) is 0. The number of hydrogen-bond donors (Lipinski definition) is 0. The molecule has 3 rings (SSSR count). The van der Waals surface area contributed by atoms with Crippen LogP contribution in [0.4, 0.5) is 5.69 Å². The molecule has 0 aliphatic carbocycles. The van der Waals surface area contributed by atoms with Crippen LogP contribution in [0.15, 0.2) is 54.6 Å². The van der Waals surface area contributed by atoms with Crippen molar-refractivity contribution in [2.45, 2.75) is 19.4 Å². The molecule has 4 heteroatoms. The average molecular weight is 325 g/mol. The number of benzene rings is 2. The zero-order chi connectivity index (χ0) is 16.6. The second-order valence-corrected chi connectivity index (χ2v) is 5.91. The number of hydrogen-bond acceptors (Lipinski definition) is 4. The largest absolute Gasteiger partial charge is 0.461 e. The second-order valence-electron chi connectivity index (χ2n) is 5.91. The van der Waals surface area contributed by atoms with Crippen molar-refractivity contribution in [3.05, 3.63) is 65.7 Å². The van der Waals surface area contributed by atoms with Gasteiger partial charge in [0.1, 0.15) is 6.61 Å². The lowest BCUT2D eigenvalue weighted by molar-refractivity contribution is -0.144. The maximum absolute atomic E-state index is 11.9. The Kier molecular flexibility index (Phi) is 5.85. The van der Waals surface area contributed by atoms with E-state index in [4.69, 9.17) is 9.47 Å². The number of esters is 1. The van der Waals surface area contributed by atoms with Gasteiger partial charge in [0.25, 0.3) is 0 Å². The van der Waals surface area contributed by atoms with Crippen LogP contribution in [0.3, 0.4) is 0 Å². The van der Waals surface area contributed by atoms with Crippen LogP contribution in [0, 0.1) is 0 Å². The van der Waals surface area contributed by atoms with Gasteiger partial charge in [0.15, 0.2) is 0 Å². The van der Waals surface area contributed by atoms with E-state index in [9.17, 15) is 4.79 Å². The van der Waals surface area contributed by atoms with Gasteiger partial charge in [0.2, 0.25) is 0 Å². The van der Waals surface area contributed by atoms with Gasteiger partial charge in [-0.15, -0.1) is 0 Å². The fourth-order valence-electron chi connectivity index (χ4n) is 2.75. The Labute approximate surface area is 143 Å². The lowest BCUT2D eigenvalue weighted by Crippen LogP contribution is -2.36. The van der Waals surface area contributed by atoms with Crippen molar-refractivity contribution in [2.24, 2.45) is 0 Å². The predicted octanol–water partition coefficient (Wildman–Crippen LogP) is 3.20. The number of nitrogens with zero attached hydrogens (tertiary/aromatic N) is 1. The lowest BCUT2D eigenvalue weighted by Gasteiger charge is -2.28. The summed E-state index contributed by atoms with van der Waals surface area (Å²) in [7, 11) is 0. The molecule has 1 fully saturated rings. The minimum atomic E-state index is -0.156. The SMILES string of the molecule is O=C(CCc1ccc(N2CCOCC2)cc1)OCc1ccccc1. The fourth-order valence-corrected chi connectivity index (χ4v) is 2.75. The summed E-state index contributed by atoms with van der Waals surface area (Å²) in [6.07, 6.45) is 1.11. The zero-order valence-electron chi connectivity index (χ0n) is 13.8. The monoisotopic (exact) mass is 325 g/mol. The van der Waals surface area contributed by atoms with E-state index in [2.05, 4.69) is 29.2 Å². The maximum atomic E-state index is 11.9. The second kappa shape index (κ2) is 8.50. The van der Waals surface area contributed by atoms with E-state index in [-0.39, 0.29) is 5.97 Å². The number of aryl methyl sites for hydroxylation is 1. The van der Waals surface area contributed by atoms with Crippen LogP contribution in [0.25, 0.3) is 0 Å². The molecule has 0 atom stereocenters. The van der Waals surface area contributed by atoms with Crippen LogP contribution in [0.1, 0.15) is 17.5 Å². The van der Waals surface area contributed by atoms with Crippen LogP contribution in [-0.2, 0) is 27.3 Å². The first kappa shape index (κ1) is 16.5. The molecule has 24 heavy (non-hydrogen) atoms. The molecule has 0 amide bonds. The van der Waals surface area contributed by atoms with E-state index in [1.807, 2.05) is 30.3 Å². The Morgan fingerprint density at radius 3 is 2.38 bits per heavy atom. The average Bonchev–Trinajstić information content (AvgIpc) is 2.67. The minimum absolute atomic E-state index is 0.156. The first-order valence-electron chi connectivity index (χ1n) is 8.42. The molecule has 0 bridgehead atoms. The Balaban J connectivity index is 1.43. The van der Waals surface area contributed by atoms with Crippen molar-refractivity contribution in [1.29, 1.82) is 0 Å². The van der Waals surface area contributed by atoms with Gasteiger partial charge in [-0.3, -0.25) is 4.79 Å². The highest BCUT2D eigenvalue weighted by Gasteiger charge is 2.11. The van der Waals surface area contributed by atoms with Gasteiger partial charge in [0.05, 0.1) is 13.2 Å². The summed E-state index contributed by atoms with van der Waals surface area (Å²) in [4.78, 5) is 14.2. The Bertz CT molecular complexity index is 634. The Morgan fingerprint density at radius 2 is 1.67 bits per heavy atom. The van der Waals surface area contributed by atoms with Crippen molar-refractivity contribution in [2.75, 3.05) is 31.2 Å². The third kappa shape index (κ3) is 4.83. The van der Waals surface area contributed by atoms with Crippen LogP contribution in [0.2, 0.25) is 0 Å². The highest BCUT2D eigenvalue weighted by molar-refractivity contribution is 5.69. The number of rotatable bonds is 6. The normalized spacial score (nSPS) is 14.4. The molecular weight excluding hydrogens is 302 g/mol. The molecule has 1 heterocycles. The minimum Gasteiger partial charge on any atom is -0.461 e. The van der Waals surface area contributed by atoms with Gasteiger partial charge < -0.3 is 14.4 Å². The standard InChI is InChI=1S/C20H23NO3/c22-20(24-16-18-4-2-1-3-5-18)11-8-17-6-9-19(10-7-17)21-12-14-23-15-13-21/h1-7,9-10H,8,11-16H2. The third-order valence-electron chi connectivity index (χ3n) is 4.17. The van der Waals surface area contributed by atoms with Crippen molar-refractivity contribution in [1.82, 2.24) is 0 Å². The molecule has 126 valence electrons. The third-order valence-corrected chi connectivity index (χ3v) is 4.17. The molecular formula is C20H23NO3. The lowest BCUT2D eigenvalue weighted by atomic mass is 10.1. The first-order valence-corrected chi connectivity index (χ1v) is 8.42. The molecule has 2 aromatic carbocycles. The zero-order valence-corrected chi connectivity index (χ0v) is 13.8. The molecule has 1 aliphatic rings. The van der Waals surface area contributed by atoms with E-state index in [0.717, 1.165) is 37.4 Å². The number of carbonyl (C=O) groups excluding carboxylic acids is 1. The van der Waals surface area contributed by atoms with Crippen molar-refractivity contribution in [3.63, 3.8) is 0 Å². The summed E-state index contributed by atoms with van der Waals surface area (Å²) in [6, 6.07) is 18.2. The predicted molar refractivity (Wildman–Crippen MR) is 94.0 cm³/mol. The molecule has 0 radical (unpaired) electrons. The summed E-state index contributed by atoms with van der Waals surface area (Å²) >= 11 is 0. The van der Waals surface area contributed by atoms with Gasteiger partial charge in [-0.2, -0.15) is 0 Å². The molecule has 0 spiro atoms.